The van der Waals surface area contributed by atoms with Crippen LogP contribution in [0.4, 0.5) is 10.5 Å². The van der Waals surface area contributed by atoms with E-state index in [1.54, 1.807) is 0 Å². The van der Waals surface area contributed by atoms with Crippen molar-refractivity contribution in [3.8, 4) is 0 Å². The molecule has 2 fully saturated rings. The summed E-state index contributed by atoms with van der Waals surface area (Å²) in [7, 11) is 0. The number of rotatable bonds is 7. The maximum Gasteiger partial charge on any atom is 0.321 e. The van der Waals surface area contributed by atoms with Gasteiger partial charge in [0.05, 0.1) is 6.17 Å². The molecule has 9 heteroatoms. The number of fused-ring (bicyclic) bond motifs is 1. The number of nitrogens with one attached hydrogen (secondary N) is 7. The van der Waals surface area contributed by atoms with Crippen LogP contribution in [0.1, 0.15) is 69.9 Å². The molecule has 9 nitrogen and oxygen atoms in total. The van der Waals surface area contributed by atoms with Crippen LogP contribution in [-0.2, 0) is 17.8 Å². The number of carbonyl (C=O) groups is 2. The molecular formula is C26H43N7O2. The van der Waals surface area contributed by atoms with Crippen LogP contribution in [0.2, 0.25) is 0 Å². The number of amides is 3. The average molecular weight is 486 g/mol. The molecule has 2 heterocycles. The monoisotopic (exact) mass is 485 g/mol. The number of anilines is 1. The summed E-state index contributed by atoms with van der Waals surface area (Å²) in [4.78, 5) is 24.2. The Balaban J connectivity index is 1.39. The summed E-state index contributed by atoms with van der Waals surface area (Å²) in [6.07, 6.45) is 9.13. The lowest BCUT2D eigenvalue weighted by Gasteiger charge is -2.49. The SMILES string of the molecule is CC(=O)NCCNC1CC(C)(C2CCCCCC2)NC(NC(=O)Nc2ccc3c(c2)CCNC3)N1. The van der Waals surface area contributed by atoms with Crippen LogP contribution in [0.25, 0.3) is 0 Å². The van der Waals surface area contributed by atoms with Gasteiger partial charge in [-0.3, -0.25) is 20.7 Å². The number of benzene rings is 1. The van der Waals surface area contributed by atoms with E-state index in [0.717, 1.165) is 31.6 Å². The predicted molar refractivity (Wildman–Crippen MR) is 139 cm³/mol. The molecule has 4 rings (SSSR count). The Morgan fingerprint density at radius 2 is 1.89 bits per heavy atom. The lowest BCUT2D eigenvalue weighted by Crippen LogP contribution is -2.73. The summed E-state index contributed by atoms with van der Waals surface area (Å²) in [5, 5.41) is 23.1. The van der Waals surface area contributed by atoms with Crippen LogP contribution >= 0.6 is 0 Å². The van der Waals surface area contributed by atoms with Crippen LogP contribution in [0.15, 0.2) is 18.2 Å². The van der Waals surface area contributed by atoms with Gasteiger partial charge in [-0.25, -0.2) is 4.79 Å². The minimum absolute atomic E-state index is 0.0250. The lowest BCUT2D eigenvalue weighted by atomic mass is 9.76. The van der Waals surface area contributed by atoms with Gasteiger partial charge in [-0.15, -0.1) is 0 Å². The van der Waals surface area contributed by atoms with E-state index in [0.29, 0.717) is 19.0 Å². The van der Waals surface area contributed by atoms with Crippen LogP contribution in [-0.4, -0.2) is 49.6 Å². The Hall–Kier alpha value is -2.20. The number of carbonyl (C=O) groups excluding carboxylic acids is 2. The first-order valence-electron chi connectivity index (χ1n) is 13.3. The second kappa shape index (κ2) is 12.2. The fourth-order valence-electron chi connectivity index (χ4n) is 5.86. The third-order valence-electron chi connectivity index (χ3n) is 7.74. The average Bonchev–Trinajstić information content (AvgIpc) is 3.12. The van der Waals surface area contributed by atoms with Crippen molar-refractivity contribution in [1.82, 2.24) is 31.9 Å². The van der Waals surface area contributed by atoms with E-state index in [1.165, 1.54) is 56.6 Å². The van der Waals surface area contributed by atoms with Crippen molar-refractivity contribution in [3.05, 3.63) is 29.3 Å². The summed E-state index contributed by atoms with van der Waals surface area (Å²) in [6.45, 7) is 6.93. The molecule has 0 radical (unpaired) electrons. The highest BCUT2D eigenvalue weighted by Gasteiger charge is 2.42. The molecule has 0 bridgehead atoms. The topological polar surface area (TPSA) is 118 Å². The molecule has 3 aliphatic rings. The molecule has 3 unspecified atom stereocenters. The lowest BCUT2D eigenvalue weighted by molar-refractivity contribution is -0.118. The zero-order chi connectivity index (χ0) is 24.7. The Labute approximate surface area is 209 Å². The van der Waals surface area contributed by atoms with E-state index in [1.807, 2.05) is 6.07 Å². The van der Waals surface area contributed by atoms with Crippen molar-refractivity contribution >= 4 is 17.6 Å². The van der Waals surface area contributed by atoms with Gasteiger partial charge < -0.3 is 21.3 Å². The molecule has 1 aromatic carbocycles. The summed E-state index contributed by atoms with van der Waals surface area (Å²) >= 11 is 0. The minimum Gasteiger partial charge on any atom is -0.355 e. The zero-order valence-corrected chi connectivity index (χ0v) is 21.3. The van der Waals surface area contributed by atoms with Crippen LogP contribution < -0.4 is 37.2 Å². The summed E-state index contributed by atoms with van der Waals surface area (Å²) in [6, 6.07) is 5.91. The van der Waals surface area contributed by atoms with Gasteiger partial charge in [-0.1, -0.05) is 31.7 Å². The van der Waals surface area contributed by atoms with Gasteiger partial charge in [0, 0.05) is 37.8 Å². The summed E-state index contributed by atoms with van der Waals surface area (Å²) in [5.41, 5.74) is 3.30. The van der Waals surface area contributed by atoms with Crippen molar-refractivity contribution in [1.29, 1.82) is 0 Å². The zero-order valence-electron chi connectivity index (χ0n) is 21.3. The smallest absolute Gasteiger partial charge is 0.321 e. The van der Waals surface area contributed by atoms with Crippen molar-refractivity contribution in [3.63, 3.8) is 0 Å². The molecule has 0 aromatic heterocycles. The van der Waals surface area contributed by atoms with E-state index in [9.17, 15) is 9.59 Å². The quantitative estimate of drug-likeness (QED) is 0.235. The standard InChI is InChI=1S/C26H43N7O2/c1-18(34)28-13-14-29-23-16-26(2,21-7-5-3-4-6-8-21)33-24(31-23)32-25(35)30-22-10-9-20-17-27-12-11-19(20)15-22/h9-10,15,21,23-24,27,29,31,33H,3-8,11-14,16-17H2,1-2H3,(H,28,34)(H2,30,32,35). The predicted octanol–water partition coefficient (Wildman–Crippen LogP) is 2.10. The van der Waals surface area contributed by atoms with E-state index in [2.05, 4.69) is 56.3 Å². The molecule has 7 N–H and O–H groups in total. The minimum atomic E-state index is -0.364. The van der Waals surface area contributed by atoms with Crippen LogP contribution in [0.3, 0.4) is 0 Å². The summed E-state index contributed by atoms with van der Waals surface area (Å²) in [5.74, 6) is 0.538. The number of hydrogen-bond donors (Lipinski definition) is 7. The largest absolute Gasteiger partial charge is 0.355 e. The first kappa shape index (κ1) is 25.9. The number of hydrogen-bond acceptors (Lipinski definition) is 6. The third kappa shape index (κ3) is 7.39. The molecule has 194 valence electrons. The van der Waals surface area contributed by atoms with Crippen molar-refractivity contribution in [2.75, 3.05) is 25.0 Å². The third-order valence-corrected chi connectivity index (χ3v) is 7.74. The Kier molecular flexibility index (Phi) is 8.99. The van der Waals surface area contributed by atoms with E-state index >= 15 is 0 Å². The molecule has 3 amide bonds. The second-order valence-corrected chi connectivity index (χ2v) is 10.6. The molecule has 3 atom stereocenters. The number of urea groups is 1. The fourth-order valence-corrected chi connectivity index (χ4v) is 5.86. The molecule has 2 aliphatic heterocycles. The van der Waals surface area contributed by atoms with Gasteiger partial charge in [-0.05, 0) is 68.3 Å². The Morgan fingerprint density at radius 3 is 2.66 bits per heavy atom. The molecule has 1 aliphatic carbocycles. The highest BCUT2D eigenvalue weighted by Crippen LogP contribution is 2.35. The fraction of sp³-hybridized carbons (Fsp3) is 0.692. The van der Waals surface area contributed by atoms with Crippen LogP contribution in [0.5, 0.6) is 0 Å². The summed E-state index contributed by atoms with van der Waals surface area (Å²) < 4.78 is 0. The molecular weight excluding hydrogens is 442 g/mol. The maximum absolute atomic E-state index is 13.0. The molecule has 1 aromatic rings. The van der Waals surface area contributed by atoms with E-state index in [-0.39, 0.29) is 29.9 Å². The normalized spacial score (nSPS) is 27.4. The highest BCUT2D eigenvalue weighted by molar-refractivity contribution is 5.89. The van der Waals surface area contributed by atoms with E-state index in [4.69, 9.17) is 0 Å². The van der Waals surface area contributed by atoms with Gasteiger partial charge in [0.1, 0.15) is 6.29 Å². The van der Waals surface area contributed by atoms with Gasteiger partial charge in [0.15, 0.2) is 0 Å². The first-order chi connectivity index (χ1) is 16.9. The Bertz CT molecular complexity index is 871. The van der Waals surface area contributed by atoms with Crippen molar-refractivity contribution < 1.29 is 9.59 Å². The first-order valence-corrected chi connectivity index (χ1v) is 13.3. The van der Waals surface area contributed by atoms with Gasteiger partial charge in [0.25, 0.3) is 0 Å². The highest BCUT2D eigenvalue weighted by atomic mass is 16.2. The van der Waals surface area contributed by atoms with Crippen molar-refractivity contribution in [2.45, 2.75) is 89.8 Å². The van der Waals surface area contributed by atoms with Gasteiger partial charge >= 0.3 is 6.03 Å². The Morgan fingerprint density at radius 1 is 1.09 bits per heavy atom. The molecule has 1 saturated heterocycles. The van der Waals surface area contributed by atoms with Gasteiger partial charge in [-0.2, -0.15) is 0 Å². The molecule has 35 heavy (non-hydrogen) atoms. The maximum atomic E-state index is 13.0. The molecule has 1 saturated carbocycles. The van der Waals surface area contributed by atoms with Crippen molar-refractivity contribution in [2.24, 2.45) is 5.92 Å². The second-order valence-electron chi connectivity index (χ2n) is 10.6. The van der Waals surface area contributed by atoms with Gasteiger partial charge in [0.2, 0.25) is 5.91 Å². The van der Waals surface area contributed by atoms with Crippen LogP contribution in [0, 0.1) is 5.92 Å². The molecule has 0 spiro atoms. The van der Waals surface area contributed by atoms with E-state index < -0.39 is 0 Å².